The molecule has 2 aliphatic heterocycles. The molecule has 0 amide bonds. The van der Waals surface area contributed by atoms with Gasteiger partial charge in [0.25, 0.3) is 0 Å². The van der Waals surface area contributed by atoms with E-state index in [-0.39, 0.29) is 0 Å². The van der Waals surface area contributed by atoms with Gasteiger partial charge in [-0.05, 0) is 48.6 Å². The van der Waals surface area contributed by atoms with Gasteiger partial charge in [0.2, 0.25) is 0 Å². The summed E-state index contributed by atoms with van der Waals surface area (Å²) < 4.78 is 5.31. The van der Waals surface area contributed by atoms with Crippen LogP contribution < -0.4 is 4.74 Å². The molecular formula is C21H27N3O. The summed E-state index contributed by atoms with van der Waals surface area (Å²) in [6.07, 6.45) is 3.73. The third kappa shape index (κ3) is 3.16. The van der Waals surface area contributed by atoms with Crippen LogP contribution in [0.4, 0.5) is 0 Å². The van der Waals surface area contributed by atoms with Crippen molar-refractivity contribution in [3.05, 3.63) is 59.4 Å². The Labute approximate surface area is 150 Å². The van der Waals surface area contributed by atoms with E-state index >= 15 is 0 Å². The van der Waals surface area contributed by atoms with Crippen molar-refractivity contribution in [1.29, 1.82) is 0 Å². The Bertz CT molecular complexity index is 747. The van der Waals surface area contributed by atoms with Crippen molar-refractivity contribution in [1.82, 2.24) is 14.8 Å². The fourth-order valence-electron chi connectivity index (χ4n) is 4.79. The van der Waals surface area contributed by atoms with Crippen LogP contribution in [0.5, 0.6) is 5.75 Å². The van der Waals surface area contributed by atoms with Crippen LogP contribution in [0, 0.1) is 18.8 Å². The number of fused-ring (bicyclic) bond motifs is 1. The molecule has 4 nitrogen and oxygen atoms in total. The number of pyridine rings is 1. The predicted molar refractivity (Wildman–Crippen MR) is 99.6 cm³/mol. The van der Waals surface area contributed by atoms with Gasteiger partial charge >= 0.3 is 0 Å². The van der Waals surface area contributed by atoms with Gasteiger partial charge in [-0.3, -0.25) is 14.8 Å². The van der Waals surface area contributed by atoms with E-state index in [1.165, 1.54) is 29.8 Å². The zero-order chi connectivity index (χ0) is 17.4. The number of rotatable bonds is 4. The number of methoxy groups -OCH3 is 1. The molecule has 4 rings (SSSR count). The quantitative estimate of drug-likeness (QED) is 0.857. The lowest BCUT2D eigenvalue weighted by Gasteiger charge is -2.28. The Kier molecular flexibility index (Phi) is 4.48. The molecule has 3 heterocycles. The third-order valence-corrected chi connectivity index (χ3v) is 5.89. The minimum absolute atomic E-state index is 0.541. The highest BCUT2D eigenvalue weighted by Crippen LogP contribution is 2.45. The van der Waals surface area contributed by atoms with Gasteiger partial charge < -0.3 is 4.74 Å². The summed E-state index contributed by atoms with van der Waals surface area (Å²) in [6.45, 7) is 6.73. The number of aryl methyl sites for hydroxylation is 1. The van der Waals surface area contributed by atoms with Crippen LogP contribution in [0.2, 0.25) is 0 Å². The highest BCUT2D eigenvalue weighted by molar-refractivity contribution is 5.31. The van der Waals surface area contributed by atoms with Gasteiger partial charge in [-0.2, -0.15) is 0 Å². The molecule has 1 aromatic heterocycles. The van der Waals surface area contributed by atoms with Crippen molar-refractivity contribution < 1.29 is 4.74 Å². The van der Waals surface area contributed by atoms with E-state index in [1.54, 1.807) is 13.3 Å². The molecule has 2 saturated heterocycles. The summed E-state index contributed by atoms with van der Waals surface area (Å²) in [5.74, 6) is 2.31. The highest BCUT2D eigenvalue weighted by atomic mass is 16.5. The first-order valence-corrected chi connectivity index (χ1v) is 9.11. The molecule has 0 spiro atoms. The number of hydrogen-bond donors (Lipinski definition) is 0. The van der Waals surface area contributed by atoms with Crippen LogP contribution in [0.1, 0.15) is 22.7 Å². The van der Waals surface area contributed by atoms with Crippen LogP contribution in [0.15, 0.2) is 42.7 Å². The Morgan fingerprint density at radius 3 is 2.80 bits per heavy atom. The summed E-state index contributed by atoms with van der Waals surface area (Å²) in [6, 6.07) is 11.5. The van der Waals surface area contributed by atoms with Gasteiger partial charge in [-0.15, -0.1) is 0 Å². The molecule has 3 atom stereocenters. The lowest BCUT2D eigenvalue weighted by atomic mass is 9.88. The van der Waals surface area contributed by atoms with E-state index in [1.807, 2.05) is 6.20 Å². The molecule has 2 aromatic rings. The maximum Gasteiger partial charge on any atom is 0.137 e. The lowest BCUT2D eigenvalue weighted by Crippen LogP contribution is -2.29. The van der Waals surface area contributed by atoms with Crippen molar-refractivity contribution in [3.63, 3.8) is 0 Å². The number of ether oxygens (including phenoxy) is 1. The van der Waals surface area contributed by atoms with E-state index in [9.17, 15) is 0 Å². The fraction of sp³-hybridized carbons (Fsp3) is 0.476. The fourth-order valence-corrected chi connectivity index (χ4v) is 4.79. The molecule has 0 saturated carbocycles. The van der Waals surface area contributed by atoms with Gasteiger partial charge in [-0.1, -0.05) is 24.3 Å². The molecule has 25 heavy (non-hydrogen) atoms. The Hall–Kier alpha value is -1.91. The van der Waals surface area contributed by atoms with Crippen LogP contribution in [-0.4, -0.2) is 48.6 Å². The van der Waals surface area contributed by atoms with Crippen molar-refractivity contribution in [2.24, 2.45) is 11.8 Å². The van der Waals surface area contributed by atoms with Crippen molar-refractivity contribution in [2.45, 2.75) is 19.5 Å². The maximum atomic E-state index is 5.31. The van der Waals surface area contributed by atoms with Crippen LogP contribution >= 0.6 is 0 Å². The predicted octanol–water partition coefficient (Wildman–Crippen LogP) is 3.13. The number of likely N-dealkylation sites (tertiary alicyclic amines) is 2. The summed E-state index contributed by atoms with van der Waals surface area (Å²) in [5, 5.41) is 0. The van der Waals surface area contributed by atoms with Crippen LogP contribution in [0.25, 0.3) is 0 Å². The Balaban J connectivity index is 1.50. The average molecular weight is 337 g/mol. The Morgan fingerprint density at radius 1 is 1.16 bits per heavy atom. The molecule has 0 unspecified atom stereocenters. The summed E-state index contributed by atoms with van der Waals surface area (Å²) in [5.41, 5.74) is 4.15. The van der Waals surface area contributed by atoms with Crippen LogP contribution in [-0.2, 0) is 6.54 Å². The van der Waals surface area contributed by atoms with Gasteiger partial charge in [0.05, 0.1) is 13.3 Å². The minimum Gasteiger partial charge on any atom is -0.495 e. The molecular weight excluding hydrogens is 310 g/mol. The first kappa shape index (κ1) is 16.6. The smallest absolute Gasteiger partial charge is 0.137 e. The maximum absolute atomic E-state index is 5.31. The first-order chi connectivity index (χ1) is 12.2. The second-order valence-corrected chi connectivity index (χ2v) is 7.59. The molecule has 132 valence electrons. The van der Waals surface area contributed by atoms with Crippen molar-refractivity contribution in [2.75, 3.05) is 33.8 Å². The monoisotopic (exact) mass is 337 g/mol. The van der Waals surface area contributed by atoms with Gasteiger partial charge in [-0.25, -0.2) is 0 Å². The van der Waals surface area contributed by atoms with E-state index < -0.39 is 0 Å². The first-order valence-electron chi connectivity index (χ1n) is 9.11. The van der Waals surface area contributed by atoms with Gasteiger partial charge in [0, 0.05) is 38.4 Å². The average Bonchev–Trinajstić information content (AvgIpc) is 3.11. The second kappa shape index (κ2) is 6.77. The summed E-state index contributed by atoms with van der Waals surface area (Å²) in [7, 11) is 3.98. The molecule has 0 bridgehead atoms. The Morgan fingerprint density at radius 2 is 2.00 bits per heavy atom. The number of nitrogens with zero attached hydrogens (tertiary/aromatic N) is 3. The normalized spacial score (nSPS) is 26.8. The van der Waals surface area contributed by atoms with Crippen molar-refractivity contribution in [3.8, 4) is 5.75 Å². The second-order valence-electron chi connectivity index (χ2n) is 7.59. The largest absolute Gasteiger partial charge is 0.495 e. The van der Waals surface area contributed by atoms with Gasteiger partial charge in [0.15, 0.2) is 0 Å². The number of benzene rings is 1. The zero-order valence-corrected chi connectivity index (χ0v) is 15.4. The van der Waals surface area contributed by atoms with Gasteiger partial charge in [0.1, 0.15) is 5.75 Å². The van der Waals surface area contributed by atoms with E-state index in [4.69, 9.17) is 4.74 Å². The summed E-state index contributed by atoms with van der Waals surface area (Å²) >= 11 is 0. The van der Waals surface area contributed by atoms with Crippen LogP contribution in [0.3, 0.4) is 0 Å². The molecule has 2 fully saturated rings. The SMILES string of the molecule is COc1cncc(CN2C[C@@H]3CN(C)[C@H](c4ccccc4C)[C@@H]3C2)c1. The van der Waals surface area contributed by atoms with Crippen molar-refractivity contribution >= 4 is 0 Å². The third-order valence-electron chi connectivity index (χ3n) is 5.89. The molecule has 2 aliphatic rings. The molecule has 0 radical (unpaired) electrons. The topological polar surface area (TPSA) is 28.6 Å². The zero-order valence-electron chi connectivity index (χ0n) is 15.4. The molecule has 0 aliphatic carbocycles. The molecule has 1 aromatic carbocycles. The minimum atomic E-state index is 0.541. The number of hydrogen-bond acceptors (Lipinski definition) is 4. The van der Waals surface area contributed by atoms with E-state index in [0.717, 1.165) is 24.8 Å². The standard InChI is InChI=1S/C21H27N3O/c1-15-6-4-5-7-19(15)21-20-14-24(13-17(20)12-23(21)2)11-16-8-18(25-3)10-22-9-16/h4-10,17,20-21H,11-14H2,1-3H3/t17-,20+,21+/m0/s1. The lowest BCUT2D eigenvalue weighted by molar-refractivity contribution is 0.224. The number of aromatic nitrogens is 1. The summed E-state index contributed by atoms with van der Waals surface area (Å²) in [4.78, 5) is 9.44. The highest BCUT2D eigenvalue weighted by Gasteiger charge is 2.46. The van der Waals surface area contributed by atoms with E-state index in [2.05, 4.69) is 59.1 Å². The van der Waals surface area contributed by atoms with E-state index in [0.29, 0.717) is 12.0 Å². The molecule has 4 heteroatoms. The molecule has 0 N–H and O–H groups in total.